The van der Waals surface area contributed by atoms with Gasteiger partial charge in [-0.25, -0.2) is 13.1 Å². The van der Waals surface area contributed by atoms with Crippen molar-refractivity contribution in [3.63, 3.8) is 0 Å². The Morgan fingerprint density at radius 1 is 1.37 bits per heavy atom. The fourth-order valence-electron chi connectivity index (χ4n) is 3.04. The van der Waals surface area contributed by atoms with Crippen LogP contribution in [0.15, 0.2) is 41.8 Å². The number of amides is 1. The highest BCUT2D eigenvalue weighted by molar-refractivity contribution is 7.89. The molecule has 0 radical (unpaired) electrons. The van der Waals surface area contributed by atoms with Gasteiger partial charge in [-0.3, -0.25) is 4.79 Å². The first-order chi connectivity index (χ1) is 12.4. The highest BCUT2D eigenvalue weighted by atomic mass is 35.5. The zero-order chi connectivity index (χ0) is 19.0. The van der Waals surface area contributed by atoms with Crippen molar-refractivity contribution in [1.82, 2.24) is 15.4 Å². The lowest BCUT2D eigenvalue weighted by Crippen LogP contribution is -2.47. The molecule has 1 fully saturated rings. The van der Waals surface area contributed by atoms with Gasteiger partial charge in [-0.1, -0.05) is 12.1 Å². The van der Waals surface area contributed by atoms with Crippen LogP contribution in [0.4, 0.5) is 0 Å². The van der Waals surface area contributed by atoms with Crippen molar-refractivity contribution in [2.75, 3.05) is 39.9 Å². The molecule has 0 unspecified atom stereocenters. The molecular formula is C18H28ClN3O4S. The second-order valence-corrected chi connectivity index (χ2v) is 8.30. The first kappa shape index (κ1) is 23.6. The van der Waals surface area contributed by atoms with Crippen LogP contribution in [0, 0.1) is 5.41 Å². The maximum absolute atomic E-state index is 12.7. The van der Waals surface area contributed by atoms with Crippen LogP contribution >= 0.6 is 12.4 Å². The summed E-state index contributed by atoms with van der Waals surface area (Å²) in [6.07, 6.45) is 3.25. The number of methoxy groups -OCH3 is 1. The molecule has 0 bridgehead atoms. The molecule has 0 saturated carbocycles. The molecule has 1 aromatic rings. The Morgan fingerprint density at radius 2 is 2.07 bits per heavy atom. The third-order valence-electron chi connectivity index (χ3n) is 4.57. The van der Waals surface area contributed by atoms with E-state index in [1.54, 1.807) is 25.3 Å². The van der Waals surface area contributed by atoms with E-state index in [1.165, 1.54) is 12.1 Å². The minimum Gasteiger partial charge on any atom is -0.384 e. The van der Waals surface area contributed by atoms with Gasteiger partial charge in [-0.2, -0.15) is 0 Å². The van der Waals surface area contributed by atoms with Crippen LogP contribution in [-0.4, -0.2) is 54.2 Å². The third kappa shape index (κ3) is 6.58. The van der Waals surface area contributed by atoms with E-state index >= 15 is 0 Å². The normalized spacial score (nSPS) is 16.2. The van der Waals surface area contributed by atoms with Crippen molar-refractivity contribution >= 4 is 28.3 Å². The average molecular weight is 418 g/mol. The van der Waals surface area contributed by atoms with Gasteiger partial charge in [0, 0.05) is 31.2 Å². The van der Waals surface area contributed by atoms with Gasteiger partial charge in [0.1, 0.15) is 0 Å². The van der Waals surface area contributed by atoms with Crippen molar-refractivity contribution < 1.29 is 17.9 Å². The van der Waals surface area contributed by atoms with Gasteiger partial charge in [0.2, 0.25) is 10.0 Å². The monoisotopic (exact) mass is 417 g/mol. The molecule has 1 aromatic carbocycles. The number of carbonyl (C=O) groups excluding carboxylic acids is 1. The minimum absolute atomic E-state index is 0. The second-order valence-electron chi connectivity index (χ2n) is 6.53. The first-order valence-electron chi connectivity index (χ1n) is 8.61. The summed E-state index contributed by atoms with van der Waals surface area (Å²) in [5.41, 5.74) is 0.0784. The fraction of sp³-hybridized carbons (Fsp3) is 0.500. The molecule has 1 saturated heterocycles. The summed E-state index contributed by atoms with van der Waals surface area (Å²) in [6, 6.07) is 6.01. The van der Waals surface area contributed by atoms with Gasteiger partial charge in [-0.05, 0) is 44.1 Å². The van der Waals surface area contributed by atoms with Crippen molar-refractivity contribution in [2.45, 2.75) is 17.7 Å². The Hall–Kier alpha value is -1.45. The largest absolute Gasteiger partial charge is 0.384 e. The number of hydrogen-bond acceptors (Lipinski definition) is 5. The van der Waals surface area contributed by atoms with Crippen molar-refractivity contribution in [2.24, 2.45) is 5.41 Å². The standard InChI is InChI=1S/C18H27N3O4S.ClH/c1-3-9-20-17(22)15-5-4-6-16(12-15)26(23,24)21-13-18(14-25-2)7-10-19-11-8-18;/h3-6,12,19,21H,1,7-11,13-14H2,2H3,(H,20,22);1H. The summed E-state index contributed by atoms with van der Waals surface area (Å²) < 4.78 is 33.4. The topological polar surface area (TPSA) is 96.5 Å². The lowest BCUT2D eigenvalue weighted by Gasteiger charge is -2.37. The Morgan fingerprint density at radius 3 is 2.70 bits per heavy atom. The first-order valence-corrected chi connectivity index (χ1v) is 10.1. The maximum atomic E-state index is 12.7. The van der Waals surface area contributed by atoms with E-state index in [4.69, 9.17) is 4.74 Å². The lowest BCUT2D eigenvalue weighted by atomic mass is 9.80. The van der Waals surface area contributed by atoms with Gasteiger partial charge >= 0.3 is 0 Å². The molecule has 1 amide bonds. The van der Waals surface area contributed by atoms with Gasteiger partial charge < -0.3 is 15.4 Å². The van der Waals surface area contributed by atoms with E-state index in [-0.39, 0.29) is 28.6 Å². The summed E-state index contributed by atoms with van der Waals surface area (Å²) >= 11 is 0. The van der Waals surface area contributed by atoms with Gasteiger partial charge in [0.25, 0.3) is 5.91 Å². The van der Waals surface area contributed by atoms with E-state index in [9.17, 15) is 13.2 Å². The molecule has 9 heteroatoms. The number of sulfonamides is 1. The molecule has 152 valence electrons. The molecule has 1 aliphatic heterocycles. The Bertz CT molecular complexity index is 728. The number of benzene rings is 1. The highest BCUT2D eigenvalue weighted by Gasteiger charge is 2.33. The van der Waals surface area contributed by atoms with Crippen LogP contribution in [0.1, 0.15) is 23.2 Å². The third-order valence-corrected chi connectivity index (χ3v) is 5.96. The number of carbonyl (C=O) groups is 1. The van der Waals surface area contributed by atoms with E-state index in [0.717, 1.165) is 25.9 Å². The molecule has 1 heterocycles. The van der Waals surface area contributed by atoms with Crippen LogP contribution in [0.25, 0.3) is 0 Å². The SMILES string of the molecule is C=CCNC(=O)c1cccc(S(=O)(=O)NCC2(COC)CCNCC2)c1.Cl. The van der Waals surface area contributed by atoms with Crippen LogP contribution in [-0.2, 0) is 14.8 Å². The zero-order valence-electron chi connectivity index (χ0n) is 15.5. The summed E-state index contributed by atoms with van der Waals surface area (Å²) in [4.78, 5) is 12.1. The van der Waals surface area contributed by atoms with Crippen molar-refractivity contribution in [1.29, 1.82) is 0 Å². The summed E-state index contributed by atoms with van der Waals surface area (Å²) in [5, 5.41) is 5.92. The van der Waals surface area contributed by atoms with Crippen LogP contribution < -0.4 is 15.4 Å². The number of hydrogen-bond donors (Lipinski definition) is 3. The summed E-state index contributed by atoms with van der Waals surface area (Å²) in [7, 11) is -2.09. The fourth-order valence-corrected chi connectivity index (χ4v) is 4.24. The van der Waals surface area contributed by atoms with Crippen LogP contribution in [0.2, 0.25) is 0 Å². The summed E-state index contributed by atoms with van der Waals surface area (Å²) in [5.74, 6) is -0.337. The number of piperidine rings is 1. The predicted molar refractivity (Wildman–Crippen MR) is 108 cm³/mol. The van der Waals surface area contributed by atoms with Crippen LogP contribution in [0.3, 0.4) is 0 Å². The molecule has 27 heavy (non-hydrogen) atoms. The Balaban J connectivity index is 0.00000364. The maximum Gasteiger partial charge on any atom is 0.251 e. The van der Waals surface area contributed by atoms with Crippen molar-refractivity contribution in [3.8, 4) is 0 Å². The van der Waals surface area contributed by atoms with E-state index in [0.29, 0.717) is 25.3 Å². The molecular weight excluding hydrogens is 390 g/mol. The second kappa shape index (κ2) is 10.8. The average Bonchev–Trinajstić information content (AvgIpc) is 2.66. The van der Waals surface area contributed by atoms with E-state index < -0.39 is 10.0 Å². The summed E-state index contributed by atoms with van der Waals surface area (Å²) in [6.45, 7) is 6.34. The molecule has 0 aliphatic carbocycles. The number of nitrogens with one attached hydrogen (secondary N) is 3. The number of halogens is 1. The Labute approximate surface area is 167 Å². The Kier molecular flexibility index (Phi) is 9.41. The van der Waals surface area contributed by atoms with E-state index in [1.807, 2.05) is 0 Å². The van der Waals surface area contributed by atoms with E-state index in [2.05, 4.69) is 21.9 Å². The van der Waals surface area contributed by atoms with Gasteiger partial charge in [-0.15, -0.1) is 19.0 Å². The molecule has 3 N–H and O–H groups in total. The smallest absolute Gasteiger partial charge is 0.251 e. The quantitative estimate of drug-likeness (QED) is 0.526. The number of ether oxygens (including phenoxy) is 1. The molecule has 0 spiro atoms. The highest BCUT2D eigenvalue weighted by Crippen LogP contribution is 2.29. The molecule has 0 atom stereocenters. The zero-order valence-corrected chi connectivity index (χ0v) is 17.1. The number of rotatable bonds is 9. The van der Waals surface area contributed by atoms with Crippen LogP contribution in [0.5, 0.6) is 0 Å². The molecule has 2 rings (SSSR count). The van der Waals surface area contributed by atoms with Gasteiger partial charge in [0.15, 0.2) is 0 Å². The van der Waals surface area contributed by atoms with Gasteiger partial charge in [0.05, 0.1) is 11.5 Å². The van der Waals surface area contributed by atoms with Crippen molar-refractivity contribution in [3.05, 3.63) is 42.5 Å². The predicted octanol–water partition coefficient (Wildman–Crippen LogP) is 1.32. The minimum atomic E-state index is -3.72. The molecule has 7 nitrogen and oxygen atoms in total. The lowest BCUT2D eigenvalue weighted by molar-refractivity contribution is 0.0577. The molecule has 0 aromatic heterocycles. The molecule has 1 aliphatic rings.